The van der Waals surface area contributed by atoms with E-state index >= 15 is 0 Å². The molecule has 2 rings (SSSR count). The molecule has 0 aliphatic heterocycles. The van der Waals surface area contributed by atoms with Gasteiger partial charge in [-0.25, -0.2) is 0 Å². The van der Waals surface area contributed by atoms with Crippen molar-refractivity contribution in [1.29, 1.82) is 0 Å². The summed E-state index contributed by atoms with van der Waals surface area (Å²) in [7, 11) is 0. The molecule has 1 aromatic heterocycles. The maximum atomic E-state index is 10.4. The zero-order chi connectivity index (χ0) is 9.97. The van der Waals surface area contributed by atoms with Crippen LogP contribution in [0.1, 0.15) is 23.4 Å². The van der Waals surface area contributed by atoms with E-state index < -0.39 is 0 Å². The Balaban J connectivity index is 2.12. The Hall–Kier alpha value is -1.29. The molecule has 0 atom stereocenters. The van der Waals surface area contributed by atoms with Gasteiger partial charge < -0.3 is 14.4 Å². The quantitative estimate of drug-likeness (QED) is 0.713. The zero-order valence-corrected chi connectivity index (χ0v) is 7.85. The lowest BCUT2D eigenvalue weighted by Crippen LogP contribution is -2.28. The van der Waals surface area contributed by atoms with Gasteiger partial charge in [0.1, 0.15) is 0 Å². The maximum absolute atomic E-state index is 10.4. The Morgan fingerprint density at radius 1 is 1.57 bits per heavy atom. The van der Waals surface area contributed by atoms with E-state index in [9.17, 15) is 4.79 Å². The van der Waals surface area contributed by atoms with Gasteiger partial charge in [0.2, 0.25) is 0 Å². The Morgan fingerprint density at radius 2 is 2.36 bits per heavy atom. The fourth-order valence-corrected chi connectivity index (χ4v) is 1.53. The summed E-state index contributed by atoms with van der Waals surface area (Å²) in [5.74, 6) is 1.02. The van der Waals surface area contributed by atoms with Gasteiger partial charge in [0.15, 0.2) is 17.9 Å². The smallest absolute Gasteiger partial charge is 0.196 e. The van der Waals surface area contributed by atoms with Crippen LogP contribution >= 0.6 is 0 Å². The number of nitrogens with zero attached hydrogens (tertiary/aromatic N) is 1. The lowest BCUT2D eigenvalue weighted by molar-refractivity contribution is 0.110. The minimum atomic E-state index is 0.105. The average Bonchev–Trinajstić information content (AvgIpc) is 2.92. The maximum Gasteiger partial charge on any atom is 0.196 e. The SMILES string of the molecule is O=Cc1ccc(N(CCO)C2CC2)o1. The fraction of sp³-hybridized carbons (Fsp3) is 0.500. The highest BCUT2D eigenvalue weighted by atomic mass is 16.4. The van der Waals surface area contributed by atoms with Gasteiger partial charge in [0, 0.05) is 18.7 Å². The summed E-state index contributed by atoms with van der Waals surface area (Å²) in [4.78, 5) is 12.4. The zero-order valence-electron chi connectivity index (χ0n) is 7.85. The summed E-state index contributed by atoms with van der Waals surface area (Å²) < 4.78 is 5.30. The van der Waals surface area contributed by atoms with Crippen molar-refractivity contribution < 1.29 is 14.3 Å². The molecular formula is C10H13NO3. The van der Waals surface area contributed by atoms with E-state index in [1.807, 2.05) is 4.90 Å². The van der Waals surface area contributed by atoms with Crippen LogP contribution in [0.2, 0.25) is 0 Å². The molecule has 0 aromatic carbocycles. The predicted octanol–water partition coefficient (Wildman–Crippen LogP) is 1.05. The summed E-state index contributed by atoms with van der Waals surface area (Å²) >= 11 is 0. The number of rotatable bonds is 5. The number of aliphatic hydroxyl groups excluding tert-OH is 1. The first-order chi connectivity index (χ1) is 6.85. The van der Waals surface area contributed by atoms with E-state index in [2.05, 4.69) is 0 Å². The second-order valence-electron chi connectivity index (χ2n) is 3.44. The fourth-order valence-electron chi connectivity index (χ4n) is 1.53. The van der Waals surface area contributed by atoms with E-state index in [4.69, 9.17) is 9.52 Å². The topological polar surface area (TPSA) is 53.7 Å². The molecule has 1 aliphatic carbocycles. The lowest BCUT2D eigenvalue weighted by Gasteiger charge is -2.19. The summed E-state index contributed by atoms with van der Waals surface area (Å²) in [6, 6.07) is 3.90. The van der Waals surface area contributed by atoms with Gasteiger partial charge in [-0.1, -0.05) is 0 Å². The molecule has 76 valence electrons. The lowest BCUT2D eigenvalue weighted by atomic mass is 10.4. The molecule has 1 aliphatic rings. The highest BCUT2D eigenvalue weighted by molar-refractivity contribution is 5.71. The molecule has 0 spiro atoms. The Labute approximate surface area is 82.1 Å². The molecule has 1 aromatic rings. The first kappa shape index (κ1) is 9.27. The van der Waals surface area contributed by atoms with Gasteiger partial charge in [0.25, 0.3) is 0 Å². The second-order valence-corrected chi connectivity index (χ2v) is 3.44. The Kier molecular flexibility index (Phi) is 2.54. The van der Waals surface area contributed by atoms with Gasteiger partial charge in [-0.3, -0.25) is 4.79 Å². The Morgan fingerprint density at radius 3 is 2.86 bits per heavy atom. The minimum absolute atomic E-state index is 0.105. The summed E-state index contributed by atoms with van der Waals surface area (Å²) in [5, 5.41) is 8.89. The van der Waals surface area contributed by atoms with Crippen LogP contribution in [0.4, 0.5) is 5.88 Å². The van der Waals surface area contributed by atoms with E-state index in [-0.39, 0.29) is 6.61 Å². The van der Waals surface area contributed by atoms with Crippen LogP contribution in [0.3, 0.4) is 0 Å². The molecule has 1 heterocycles. The summed E-state index contributed by atoms with van der Waals surface area (Å²) in [6.45, 7) is 0.671. The van der Waals surface area contributed by atoms with Crippen molar-refractivity contribution in [3.63, 3.8) is 0 Å². The largest absolute Gasteiger partial charge is 0.438 e. The molecule has 0 saturated heterocycles. The summed E-state index contributed by atoms with van der Waals surface area (Å²) in [6.07, 6.45) is 2.96. The molecule has 1 saturated carbocycles. The number of aldehydes is 1. The third-order valence-electron chi connectivity index (χ3n) is 2.34. The standard InChI is InChI=1S/C10H13NO3/c12-6-5-11(8-1-2-8)10-4-3-9(7-13)14-10/h3-4,7-8,12H,1-2,5-6H2. The normalized spacial score (nSPS) is 15.5. The van der Waals surface area contributed by atoms with Crippen LogP contribution in [0.5, 0.6) is 0 Å². The number of carbonyl (C=O) groups excluding carboxylic acids is 1. The van der Waals surface area contributed by atoms with Gasteiger partial charge in [-0.2, -0.15) is 0 Å². The number of hydrogen-bond donors (Lipinski definition) is 1. The number of furan rings is 1. The van der Waals surface area contributed by atoms with E-state index in [1.54, 1.807) is 12.1 Å². The van der Waals surface area contributed by atoms with Crippen molar-refractivity contribution in [2.75, 3.05) is 18.1 Å². The molecule has 14 heavy (non-hydrogen) atoms. The first-order valence-electron chi connectivity index (χ1n) is 4.77. The van der Waals surface area contributed by atoms with Gasteiger partial charge >= 0.3 is 0 Å². The molecule has 0 unspecified atom stereocenters. The first-order valence-corrected chi connectivity index (χ1v) is 4.77. The van der Waals surface area contributed by atoms with Crippen LogP contribution in [0.15, 0.2) is 16.5 Å². The van der Waals surface area contributed by atoms with E-state index in [0.29, 0.717) is 30.5 Å². The second kappa shape index (κ2) is 3.84. The van der Waals surface area contributed by atoms with Crippen LogP contribution in [0.25, 0.3) is 0 Å². The third-order valence-corrected chi connectivity index (χ3v) is 2.34. The molecule has 0 bridgehead atoms. The molecule has 4 nitrogen and oxygen atoms in total. The predicted molar refractivity (Wildman–Crippen MR) is 51.5 cm³/mol. The third kappa shape index (κ3) is 1.80. The van der Waals surface area contributed by atoms with Crippen LogP contribution < -0.4 is 4.90 Å². The number of aliphatic hydroxyl groups is 1. The van der Waals surface area contributed by atoms with E-state index in [1.165, 1.54) is 0 Å². The molecule has 4 heteroatoms. The van der Waals surface area contributed by atoms with Crippen molar-refractivity contribution in [2.45, 2.75) is 18.9 Å². The molecule has 1 N–H and O–H groups in total. The van der Waals surface area contributed by atoms with Gasteiger partial charge in [-0.05, 0) is 18.9 Å². The van der Waals surface area contributed by atoms with Crippen molar-refractivity contribution in [3.8, 4) is 0 Å². The van der Waals surface area contributed by atoms with Crippen molar-refractivity contribution in [1.82, 2.24) is 0 Å². The van der Waals surface area contributed by atoms with Gasteiger partial charge in [-0.15, -0.1) is 0 Å². The number of carbonyl (C=O) groups is 1. The average molecular weight is 195 g/mol. The molecule has 0 radical (unpaired) electrons. The van der Waals surface area contributed by atoms with Crippen LogP contribution in [0, 0.1) is 0 Å². The van der Waals surface area contributed by atoms with Crippen LogP contribution in [-0.2, 0) is 0 Å². The highest BCUT2D eigenvalue weighted by Crippen LogP contribution is 2.32. The highest BCUT2D eigenvalue weighted by Gasteiger charge is 2.30. The minimum Gasteiger partial charge on any atom is -0.438 e. The Bertz CT molecular complexity index is 317. The molecule has 0 amide bonds. The molecule has 1 fully saturated rings. The van der Waals surface area contributed by atoms with Crippen molar-refractivity contribution >= 4 is 12.2 Å². The number of anilines is 1. The van der Waals surface area contributed by atoms with Crippen molar-refractivity contribution in [3.05, 3.63) is 17.9 Å². The number of hydrogen-bond acceptors (Lipinski definition) is 4. The van der Waals surface area contributed by atoms with Crippen LogP contribution in [-0.4, -0.2) is 30.6 Å². The van der Waals surface area contributed by atoms with Gasteiger partial charge in [0.05, 0.1) is 6.61 Å². The summed E-state index contributed by atoms with van der Waals surface area (Å²) in [5.41, 5.74) is 0. The van der Waals surface area contributed by atoms with Crippen molar-refractivity contribution in [2.24, 2.45) is 0 Å². The monoisotopic (exact) mass is 195 g/mol. The van der Waals surface area contributed by atoms with E-state index in [0.717, 1.165) is 12.8 Å². The molecular weight excluding hydrogens is 182 g/mol.